The molecule has 6 nitrogen and oxygen atoms in total. The first-order valence-electron chi connectivity index (χ1n) is 6.61. The van der Waals surface area contributed by atoms with E-state index in [1.807, 2.05) is 19.1 Å². The van der Waals surface area contributed by atoms with Crippen molar-refractivity contribution < 1.29 is 8.94 Å². The first kappa shape index (κ1) is 12.4. The van der Waals surface area contributed by atoms with Gasteiger partial charge in [-0.15, -0.1) is 0 Å². The maximum Gasteiger partial charge on any atom is 0.293 e. The number of rotatable bonds is 4. The Balaban J connectivity index is 1.69. The molecule has 1 atom stereocenters. The molecule has 0 amide bonds. The largest absolute Gasteiger partial charge is 0.456 e. The summed E-state index contributed by atoms with van der Waals surface area (Å²) in [6, 6.07) is 3.47. The maximum absolute atomic E-state index is 6.11. The van der Waals surface area contributed by atoms with Gasteiger partial charge in [0.1, 0.15) is 5.76 Å². The van der Waals surface area contributed by atoms with Gasteiger partial charge in [0.2, 0.25) is 0 Å². The number of nitrogens with two attached hydrogens (primary N) is 1. The highest BCUT2D eigenvalue weighted by Gasteiger charge is 2.21. The highest BCUT2D eigenvalue weighted by molar-refractivity contribution is 5.44. The van der Waals surface area contributed by atoms with Gasteiger partial charge in [0, 0.05) is 6.54 Å². The predicted molar refractivity (Wildman–Crippen MR) is 69.3 cm³/mol. The topological polar surface area (TPSA) is 81.3 Å². The Kier molecular flexibility index (Phi) is 3.35. The van der Waals surface area contributed by atoms with Gasteiger partial charge in [0.05, 0.1) is 6.04 Å². The molecule has 2 aromatic rings. The van der Waals surface area contributed by atoms with Crippen LogP contribution in [0, 0.1) is 6.92 Å². The monoisotopic (exact) mass is 262 g/mol. The van der Waals surface area contributed by atoms with E-state index in [-0.39, 0.29) is 6.04 Å². The highest BCUT2D eigenvalue weighted by Crippen LogP contribution is 2.21. The summed E-state index contributed by atoms with van der Waals surface area (Å²) in [6.07, 6.45) is 2.49. The molecule has 1 fully saturated rings. The number of likely N-dealkylation sites (tertiary alicyclic amines) is 1. The molecule has 3 heterocycles. The molecule has 3 rings (SSSR count). The second-order valence-electron chi connectivity index (χ2n) is 4.98. The first-order valence-corrected chi connectivity index (χ1v) is 6.61. The fraction of sp³-hybridized carbons (Fsp3) is 0.538. The van der Waals surface area contributed by atoms with Crippen LogP contribution in [0.3, 0.4) is 0 Å². The Hall–Kier alpha value is -1.66. The summed E-state index contributed by atoms with van der Waals surface area (Å²) in [7, 11) is 0. The van der Waals surface area contributed by atoms with Gasteiger partial charge in [-0.3, -0.25) is 0 Å². The average molecular weight is 262 g/mol. The van der Waals surface area contributed by atoms with Crippen molar-refractivity contribution in [3.8, 4) is 11.7 Å². The van der Waals surface area contributed by atoms with Crippen molar-refractivity contribution in [3.63, 3.8) is 0 Å². The van der Waals surface area contributed by atoms with Crippen molar-refractivity contribution in [1.29, 1.82) is 0 Å². The number of furan rings is 1. The smallest absolute Gasteiger partial charge is 0.293 e. The molecule has 2 N–H and O–H groups in total. The van der Waals surface area contributed by atoms with Crippen LogP contribution in [-0.2, 0) is 0 Å². The number of aryl methyl sites for hydroxylation is 1. The molecule has 19 heavy (non-hydrogen) atoms. The minimum atomic E-state index is -0.216. The summed E-state index contributed by atoms with van der Waals surface area (Å²) in [6.45, 7) is 4.86. The van der Waals surface area contributed by atoms with Gasteiger partial charge in [-0.05, 0) is 45.0 Å². The van der Waals surface area contributed by atoms with Crippen LogP contribution < -0.4 is 5.73 Å². The van der Waals surface area contributed by atoms with Crippen LogP contribution in [0.25, 0.3) is 11.7 Å². The summed E-state index contributed by atoms with van der Waals surface area (Å²) in [5.41, 5.74) is 6.11. The highest BCUT2D eigenvalue weighted by atomic mass is 16.5. The van der Waals surface area contributed by atoms with Crippen LogP contribution in [0.1, 0.15) is 30.5 Å². The summed E-state index contributed by atoms with van der Waals surface area (Å²) >= 11 is 0. The van der Waals surface area contributed by atoms with Crippen molar-refractivity contribution in [1.82, 2.24) is 15.0 Å². The van der Waals surface area contributed by atoms with Crippen molar-refractivity contribution >= 4 is 0 Å². The van der Waals surface area contributed by atoms with Crippen LogP contribution in [-0.4, -0.2) is 34.7 Å². The minimum absolute atomic E-state index is 0.216. The minimum Gasteiger partial charge on any atom is -0.456 e. The van der Waals surface area contributed by atoms with Gasteiger partial charge in [0.25, 0.3) is 5.89 Å². The van der Waals surface area contributed by atoms with Crippen molar-refractivity contribution in [3.05, 3.63) is 23.7 Å². The van der Waals surface area contributed by atoms with Gasteiger partial charge >= 0.3 is 0 Å². The Labute approximate surface area is 111 Å². The Morgan fingerprint density at radius 2 is 2.16 bits per heavy atom. The van der Waals surface area contributed by atoms with E-state index >= 15 is 0 Å². The number of hydrogen-bond donors (Lipinski definition) is 1. The second kappa shape index (κ2) is 5.14. The molecule has 0 aromatic carbocycles. The average Bonchev–Trinajstić information content (AvgIpc) is 3.07. The van der Waals surface area contributed by atoms with E-state index < -0.39 is 0 Å². The standard InChI is InChI=1S/C13H18N4O2/c1-9-4-5-11(18-9)13-15-12(16-19-13)10(14)8-17-6-2-3-7-17/h4-5,10H,2-3,6-8,14H2,1H3. The van der Waals surface area contributed by atoms with E-state index in [4.69, 9.17) is 14.7 Å². The molecule has 1 aliphatic heterocycles. The zero-order valence-electron chi connectivity index (χ0n) is 11.0. The van der Waals surface area contributed by atoms with Gasteiger partial charge in [-0.25, -0.2) is 0 Å². The summed E-state index contributed by atoms with van der Waals surface area (Å²) in [4.78, 5) is 6.64. The number of aromatic nitrogens is 2. The van der Waals surface area contributed by atoms with Crippen LogP contribution in [0.15, 0.2) is 21.1 Å². The van der Waals surface area contributed by atoms with E-state index in [9.17, 15) is 0 Å². The first-order chi connectivity index (χ1) is 9.22. The molecule has 0 spiro atoms. The summed E-state index contributed by atoms with van der Waals surface area (Å²) in [5.74, 6) is 2.33. The third kappa shape index (κ3) is 2.69. The fourth-order valence-corrected chi connectivity index (χ4v) is 2.36. The Morgan fingerprint density at radius 1 is 1.37 bits per heavy atom. The van der Waals surface area contributed by atoms with Crippen LogP contribution in [0.4, 0.5) is 0 Å². The molecular weight excluding hydrogens is 244 g/mol. The quantitative estimate of drug-likeness (QED) is 0.903. The lowest BCUT2D eigenvalue weighted by molar-refractivity contribution is 0.306. The van der Waals surface area contributed by atoms with E-state index in [2.05, 4.69) is 15.0 Å². The van der Waals surface area contributed by atoms with Crippen LogP contribution in [0.5, 0.6) is 0 Å². The van der Waals surface area contributed by atoms with E-state index in [1.165, 1.54) is 12.8 Å². The van der Waals surface area contributed by atoms with Crippen LogP contribution >= 0.6 is 0 Å². The lowest BCUT2D eigenvalue weighted by Crippen LogP contribution is -2.30. The SMILES string of the molecule is Cc1ccc(-c2nc(C(N)CN3CCCC3)no2)o1. The zero-order valence-corrected chi connectivity index (χ0v) is 11.0. The Morgan fingerprint density at radius 3 is 2.84 bits per heavy atom. The van der Waals surface area contributed by atoms with Crippen molar-refractivity contribution in [2.45, 2.75) is 25.8 Å². The van der Waals surface area contributed by atoms with Crippen molar-refractivity contribution in [2.75, 3.05) is 19.6 Å². The van der Waals surface area contributed by atoms with Gasteiger partial charge < -0.3 is 19.6 Å². The Bertz CT molecular complexity index is 542. The third-order valence-corrected chi connectivity index (χ3v) is 3.38. The molecule has 1 aliphatic rings. The van der Waals surface area contributed by atoms with E-state index in [0.717, 1.165) is 25.4 Å². The lowest BCUT2D eigenvalue weighted by atomic mass is 10.3. The van der Waals surface area contributed by atoms with Gasteiger partial charge in [-0.1, -0.05) is 5.16 Å². The third-order valence-electron chi connectivity index (χ3n) is 3.38. The summed E-state index contributed by atoms with van der Waals surface area (Å²) < 4.78 is 10.6. The molecule has 6 heteroatoms. The second-order valence-corrected chi connectivity index (χ2v) is 4.98. The van der Waals surface area contributed by atoms with Gasteiger partial charge in [-0.2, -0.15) is 4.98 Å². The summed E-state index contributed by atoms with van der Waals surface area (Å²) in [5, 5.41) is 3.95. The van der Waals surface area contributed by atoms with Crippen LogP contribution in [0.2, 0.25) is 0 Å². The van der Waals surface area contributed by atoms with Crippen molar-refractivity contribution in [2.24, 2.45) is 5.73 Å². The van der Waals surface area contributed by atoms with Gasteiger partial charge in [0.15, 0.2) is 11.6 Å². The molecule has 0 saturated carbocycles. The number of hydrogen-bond acceptors (Lipinski definition) is 6. The molecule has 1 unspecified atom stereocenters. The molecule has 0 radical (unpaired) electrons. The molecular formula is C13H18N4O2. The fourth-order valence-electron chi connectivity index (χ4n) is 2.36. The normalized spacial score (nSPS) is 18.0. The molecule has 0 aliphatic carbocycles. The van der Waals surface area contributed by atoms with E-state index in [0.29, 0.717) is 17.5 Å². The molecule has 0 bridgehead atoms. The zero-order chi connectivity index (χ0) is 13.2. The molecule has 2 aromatic heterocycles. The number of nitrogens with zero attached hydrogens (tertiary/aromatic N) is 3. The maximum atomic E-state index is 6.11. The van der Waals surface area contributed by atoms with E-state index in [1.54, 1.807) is 0 Å². The lowest BCUT2D eigenvalue weighted by Gasteiger charge is -2.17. The molecule has 102 valence electrons. The predicted octanol–water partition coefficient (Wildman–Crippen LogP) is 1.73. The molecule has 1 saturated heterocycles.